The Balaban J connectivity index is 1.31. The minimum Gasteiger partial charge on any atom is -0.481 e. The third kappa shape index (κ3) is 5.50. The molecule has 6 rings (SSSR count). The standard InChI is InChI=1S/C36H58O12S/c1-31(2)14-15-36(30(41)42)20(16-31)19-8-9-23-33(5)12-11-25(32(3,4)22(33)10-13-34(23,6)35(19,7)17-24(36)38)47-29-28(48-49(43,44)45)27(40)26(39)21(18-37)46-29/h8,20-29,37-40H,9-18H2,1-7H3,(H,41,42)(H,43,44,45). The molecule has 5 fully saturated rings. The number of rotatable bonds is 6. The molecule has 0 aromatic carbocycles. The summed E-state index contributed by atoms with van der Waals surface area (Å²) in [6.07, 6.45) is -0.770. The second-order valence-corrected chi connectivity index (χ2v) is 19.5. The highest BCUT2D eigenvalue weighted by molar-refractivity contribution is 7.80. The summed E-state index contributed by atoms with van der Waals surface area (Å²) in [5.74, 6) is -0.711. The fourth-order valence-electron chi connectivity index (χ4n) is 12.5. The number of carbonyl (C=O) groups is 1. The van der Waals surface area contributed by atoms with E-state index in [9.17, 15) is 43.3 Å². The zero-order chi connectivity index (χ0) is 36.3. The minimum atomic E-state index is -5.05. The maximum atomic E-state index is 13.0. The molecule has 4 saturated carbocycles. The lowest BCUT2D eigenvalue weighted by Gasteiger charge is -2.71. The number of hydrogen-bond acceptors (Lipinski definition) is 10. The average molecular weight is 715 g/mol. The number of allylic oxidation sites excluding steroid dienone is 2. The van der Waals surface area contributed by atoms with Crippen molar-refractivity contribution in [2.24, 2.45) is 50.2 Å². The van der Waals surface area contributed by atoms with Crippen molar-refractivity contribution in [3.05, 3.63) is 11.6 Å². The van der Waals surface area contributed by atoms with Gasteiger partial charge in [-0.05, 0) is 103 Å². The van der Waals surface area contributed by atoms with Crippen LogP contribution in [0.25, 0.3) is 0 Å². The second-order valence-electron chi connectivity index (χ2n) is 18.5. The fraction of sp³-hybridized carbons (Fsp3) is 0.917. The Hall–Kier alpha value is -1.16. The quantitative estimate of drug-likeness (QED) is 0.132. The first-order valence-electron chi connectivity index (χ1n) is 18.0. The summed E-state index contributed by atoms with van der Waals surface area (Å²) in [7, 11) is -5.05. The van der Waals surface area contributed by atoms with Gasteiger partial charge in [0.1, 0.15) is 23.7 Å². The molecule has 14 atom stereocenters. The smallest absolute Gasteiger partial charge is 0.397 e. The van der Waals surface area contributed by atoms with Gasteiger partial charge in [-0.3, -0.25) is 9.35 Å². The van der Waals surface area contributed by atoms with Crippen molar-refractivity contribution in [2.75, 3.05) is 6.61 Å². The van der Waals surface area contributed by atoms with Crippen molar-refractivity contribution >= 4 is 16.4 Å². The monoisotopic (exact) mass is 714 g/mol. The van der Waals surface area contributed by atoms with Gasteiger partial charge in [0.15, 0.2) is 12.4 Å². The van der Waals surface area contributed by atoms with Crippen LogP contribution in [-0.2, 0) is 28.9 Å². The van der Waals surface area contributed by atoms with Gasteiger partial charge >= 0.3 is 16.4 Å². The summed E-state index contributed by atoms with van der Waals surface area (Å²) in [5, 5.41) is 53.5. The summed E-state index contributed by atoms with van der Waals surface area (Å²) in [4.78, 5) is 13.0. The van der Waals surface area contributed by atoms with E-state index >= 15 is 0 Å². The van der Waals surface area contributed by atoms with E-state index in [4.69, 9.17) is 13.7 Å². The second kappa shape index (κ2) is 11.9. The van der Waals surface area contributed by atoms with E-state index in [-0.39, 0.29) is 39.4 Å². The van der Waals surface area contributed by atoms with E-state index in [1.54, 1.807) is 0 Å². The van der Waals surface area contributed by atoms with E-state index in [0.29, 0.717) is 19.3 Å². The van der Waals surface area contributed by atoms with Gasteiger partial charge in [0.25, 0.3) is 0 Å². The predicted octanol–water partition coefficient (Wildman–Crippen LogP) is 3.86. The van der Waals surface area contributed by atoms with Crippen molar-refractivity contribution < 1.29 is 57.0 Å². The molecule has 6 N–H and O–H groups in total. The first-order valence-corrected chi connectivity index (χ1v) is 19.4. The van der Waals surface area contributed by atoms with Gasteiger partial charge in [-0.1, -0.05) is 60.1 Å². The van der Waals surface area contributed by atoms with Crippen molar-refractivity contribution in [2.45, 2.75) is 149 Å². The van der Waals surface area contributed by atoms with Crippen LogP contribution in [0.4, 0.5) is 0 Å². The van der Waals surface area contributed by atoms with Gasteiger partial charge in [0.05, 0.1) is 18.8 Å². The van der Waals surface area contributed by atoms with Gasteiger partial charge in [-0.25, -0.2) is 4.18 Å². The number of hydrogen-bond donors (Lipinski definition) is 6. The molecule has 280 valence electrons. The predicted molar refractivity (Wildman–Crippen MR) is 177 cm³/mol. The van der Waals surface area contributed by atoms with Crippen molar-refractivity contribution in [1.29, 1.82) is 0 Å². The number of aliphatic hydroxyl groups is 4. The van der Waals surface area contributed by atoms with Crippen LogP contribution in [0.5, 0.6) is 0 Å². The van der Waals surface area contributed by atoms with Gasteiger partial charge in [-0.2, -0.15) is 8.42 Å². The zero-order valence-corrected chi connectivity index (χ0v) is 30.8. The molecule has 6 aliphatic rings. The third-order valence-electron chi connectivity index (χ3n) is 15.4. The van der Waals surface area contributed by atoms with Gasteiger partial charge in [0.2, 0.25) is 0 Å². The van der Waals surface area contributed by atoms with Gasteiger partial charge < -0.3 is 35.0 Å². The van der Waals surface area contributed by atoms with Crippen LogP contribution in [0.3, 0.4) is 0 Å². The number of aliphatic carboxylic acids is 1. The lowest BCUT2D eigenvalue weighted by Crippen LogP contribution is -2.68. The highest BCUT2D eigenvalue weighted by Crippen LogP contribution is 2.76. The Morgan fingerprint density at radius 1 is 0.939 bits per heavy atom. The number of ether oxygens (including phenoxy) is 2. The molecule has 12 nitrogen and oxygen atoms in total. The zero-order valence-electron chi connectivity index (χ0n) is 30.0. The molecule has 1 aliphatic heterocycles. The number of fused-ring (bicyclic) bond motifs is 7. The summed E-state index contributed by atoms with van der Waals surface area (Å²) in [6.45, 7) is 15.0. The largest absolute Gasteiger partial charge is 0.481 e. The van der Waals surface area contributed by atoms with Crippen molar-refractivity contribution in [1.82, 2.24) is 0 Å². The normalized spacial score (nSPS) is 50.6. The lowest BCUT2D eigenvalue weighted by molar-refractivity contribution is -0.326. The molecule has 0 aromatic heterocycles. The summed E-state index contributed by atoms with van der Waals surface area (Å²) in [5.41, 5.74) is -1.17. The Kier molecular flexibility index (Phi) is 9.15. The molecule has 0 amide bonds. The molecular weight excluding hydrogens is 656 g/mol. The van der Waals surface area contributed by atoms with Crippen LogP contribution in [-0.4, -0.2) is 94.0 Å². The van der Waals surface area contributed by atoms with Crippen LogP contribution in [0.1, 0.15) is 106 Å². The number of aliphatic hydroxyl groups excluding tert-OH is 4. The first-order chi connectivity index (χ1) is 22.5. The van der Waals surface area contributed by atoms with Crippen LogP contribution in [0, 0.1) is 50.2 Å². The molecule has 0 radical (unpaired) electrons. The van der Waals surface area contributed by atoms with E-state index in [0.717, 1.165) is 38.5 Å². The molecule has 13 heteroatoms. The Morgan fingerprint density at radius 2 is 1.61 bits per heavy atom. The first kappa shape index (κ1) is 37.6. The van der Waals surface area contributed by atoms with E-state index in [1.165, 1.54) is 5.57 Å². The molecule has 14 unspecified atom stereocenters. The summed E-state index contributed by atoms with van der Waals surface area (Å²) < 4.78 is 49.8. The summed E-state index contributed by atoms with van der Waals surface area (Å²) in [6, 6.07) is 0. The molecule has 1 saturated heterocycles. The van der Waals surface area contributed by atoms with Crippen molar-refractivity contribution in [3.8, 4) is 0 Å². The van der Waals surface area contributed by atoms with Crippen LogP contribution >= 0.6 is 0 Å². The highest BCUT2D eigenvalue weighted by atomic mass is 32.3. The van der Waals surface area contributed by atoms with E-state index in [2.05, 4.69) is 54.5 Å². The SMILES string of the molecule is CC1(C)CCC2(C(=O)O)C(O)CC3(C)C(=CCC4C5(C)CCC(OC6OC(CO)C(O)C(O)C6OS(=O)(=O)O)C(C)(C)C5CCC43C)C2C1. The molecule has 1 heterocycles. The van der Waals surface area contributed by atoms with Gasteiger partial charge in [0, 0.05) is 0 Å². The number of carboxylic acids is 1. The van der Waals surface area contributed by atoms with Crippen LogP contribution in [0.2, 0.25) is 0 Å². The van der Waals surface area contributed by atoms with Gasteiger partial charge in [-0.15, -0.1) is 0 Å². The average Bonchev–Trinajstić information content (AvgIpc) is 2.97. The van der Waals surface area contributed by atoms with Crippen LogP contribution in [0.15, 0.2) is 11.6 Å². The Bertz CT molecular complexity index is 1460. The molecule has 5 aliphatic carbocycles. The molecule has 0 bridgehead atoms. The highest BCUT2D eigenvalue weighted by Gasteiger charge is 2.71. The minimum absolute atomic E-state index is 0.0228. The van der Waals surface area contributed by atoms with E-state index in [1.807, 2.05) is 0 Å². The maximum absolute atomic E-state index is 13.0. The molecule has 0 aromatic rings. The van der Waals surface area contributed by atoms with Crippen LogP contribution < -0.4 is 0 Å². The lowest BCUT2D eigenvalue weighted by atomic mass is 9.33. The van der Waals surface area contributed by atoms with E-state index < -0.39 is 76.7 Å². The Labute approximate surface area is 290 Å². The van der Waals surface area contributed by atoms with Crippen molar-refractivity contribution in [3.63, 3.8) is 0 Å². The third-order valence-corrected chi connectivity index (χ3v) is 15.8. The topological polar surface area (TPSA) is 200 Å². The molecular formula is C36H58O12S. The molecule has 0 spiro atoms. The fourth-order valence-corrected chi connectivity index (χ4v) is 13.0. The summed E-state index contributed by atoms with van der Waals surface area (Å²) >= 11 is 0. The molecule has 49 heavy (non-hydrogen) atoms. The Morgan fingerprint density at radius 3 is 2.22 bits per heavy atom. The maximum Gasteiger partial charge on any atom is 0.397 e. The number of carboxylic acid groups (broad SMARTS) is 1.